The Kier molecular flexibility index (Phi) is 5.59. The zero-order valence-electron chi connectivity index (χ0n) is 13.8. The Morgan fingerprint density at radius 2 is 1.75 bits per heavy atom. The highest BCUT2D eigenvalue weighted by Gasteiger charge is 2.37. The summed E-state index contributed by atoms with van der Waals surface area (Å²) >= 11 is 0. The van der Waals surface area contributed by atoms with Crippen molar-refractivity contribution < 1.29 is 23.8 Å². The van der Waals surface area contributed by atoms with E-state index in [1.807, 2.05) is 19.9 Å². The maximum atomic E-state index is 12.4. The Balaban J connectivity index is 2.05. The third kappa shape index (κ3) is 3.93. The smallest absolute Gasteiger partial charge is 0.438 e. The molecule has 0 aliphatic heterocycles. The van der Waals surface area contributed by atoms with Crippen molar-refractivity contribution in [3.8, 4) is 11.8 Å². The van der Waals surface area contributed by atoms with Crippen molar-refractivity contribution in [2.75, 3.05) is 7.11 Å². The molecule has 1 aromatic carbocycles. The molecule has 4 unspecified atom stereocenters. The highest BCUT2D eigenvalue weighted by atomic mass is 16.7. The number of carbonyl (C=O) groups excluding carboxylic acids is 2. The molecule has 126 valence electrons. The van der Waals surface area contributed by atoms with Crippen LogP contribution in [-0.4, -0.2) is 25.3 Å². The molecule has 1 aromatic rings. The van der Waals surface area contributed by atoms with Crippen LogP contribution in [0.2, 0.25) is 0 Å². The second kappa shape index (κ2) is 7.64. The largest absolute Gasteiger partial charge is 0.508 e. The van der Waals surface area contributed by atoms with Crippen LogP contribution in [0.4, 0.5) is 4.79 Å². The van der Waals surface area contributed by atoms with Gasteiger partial charge < -0.3 is 14.2 Å². The number of carbonyl (C=O) groups is 2. The lowest BCUT2D eigenvalue weighted by Gasteiger charge is -2.33. The number of esters is 1. The van der Waals surface area contributed by atoms with Gasteiger partial charge in [-0.2, -0.15) is 5.26 Å². The van der Waals surface area contributed by atoms with Crippen LogP contribution < -0.4 is 4.74 Å². The van der Waals surface area contributed by atoms with Crippen LogP contribution in [0.25, 0.3) is 0 Å². The molecule has 0 radical (unpaired) electrons. The van der Waals surface area contributed by atoms with Crippen molar-refractivity contribution in [1.82, 2.24) is 0 Å². The van der Waals surface area contributed by atoms with Gasteiger partial charge in [0.25, 0.3) is 0 Å². The molecule has 1 aliphatic carbocycles. The Bertz CT molecular complexity index is 674. The van der Waals surface area contributed by atoms with Gasteiger partial charge in [0.1, 0.15) is 11.9 Å². The van der Waals surface area contributed by atoms with Gasteiger partial charge in [-0.3, -0.25) is 4.79 Å². The minimum atomic E-state index is -0.748. The van der Waals surface area contributed by atoms with E-state index in [4.69, 9.17) is 14.7 Å². The normalized spacial score (nSPS) is 25.4. The first-order valence-electron chi connectivity index (χ1n) is 7.61. The van der Waals surface area contributed by atoms with Crippen LogP contribution in [0.15, 0.2) is 36.4 Å². The summed E-state index contributed by atoms with van der Waals surface area (Å²) < 4.78 is 15.0. The average molecular weight is 329 g/mol. The SMILES string of the molecule is COC(=O)OC1C=CC(C(=O)Oc2ccc(C#N)cc2)C(C)C1C. The molecule has 24 heavy (non-hydrogen) atoms. The van der Waals surface area contributed by atoms with Gasteiger partial charge in [-0.15, -0.1) is 0 Å². The Morgan fingerprint density at radius 3 is 2.33 bits per heavy atom. The van der Waals surface area contributed by atoms with Gasteiger partial charge in [-0.25, -0.2) is 4.79 Å². The van der Waals surface area contributed by atoms with E-state index in [0.717, 1.165) is 0 Å². The van der Waals surface area contributed by atoms with E-state index >= 15 is 0 Å². The highest BCUT2D eigenvalue weighted by Crippen LogP contribution is 2.33. The summed E-state index contributed by atoms with van der Waals surface area (Å²) in [4.78, 5) is 23.6. The number of rotatable bonds is 3. The fraction of sp³-hybridized carbons (Fsp3) is 0.389. The molecule has 4 atom stereocenters. The lowest BCUT2D eigenvalue weighted by atomic mass is 9.76. The number of nitrogens with zero attached hydrogens (tertiary/aromatic N) is 1. The number of hydrogen-bond donors (Lipinski definition) is 0. The average Bonchev–Trinajstić information content (AvgIpc) is 2.59. The molecule has 2 rings (SSSR count). The lowest BCUT2D eigenvalue weighted by molar-refractivity contribution is -0.140. The standard InChI is InChI=1S/C18H19NO5/c1-11-12(2)16(24-18(21)22-3)9-8-15(11)17(20)23-14-6-4-13(10-19)5-7-14/h4-9,11-12,15-16H,1-3H3. The molecule has 0 heterocycles. The summed E-state index contributed by atoms with van der Waals surface area (Å²) in [5, 5.41) is 8.77. The highest BCUT2D eigenvalue weighted by molar-refractivity contribution is 5.77. The molecule has 0 N–H and O–H groups in total. The molecule has 0 spiro atoms. The summed E-state index contributed by atoms with van der Waals surface area (Å²) in [5.74, 6) is -0.566. The minimum absolute atomic E-state index is 0.0624. The summed E-state index contributed by atoms with van der Waals surface area (Å²) in [6.45, 7) is 3.82. The van der Waals surface area contributed by atoms with Crippen molar-refractivity contribution >= 4 is 12.1 Å². The van der Waals surface area contributed by atoms with Crippen LogP contribution >= 0.6 is 0 Å². The molecule has 0 saturated carbocycles. The molecule has 1 aliphatic rings. The van der Waals surface area contributed by atoms with E-state index < -0.39 is 18.2 Å². The number of nitriles is 1. The quantitative estimate of drug-likeness (QED) is 0.481. The van der Waals surface area contributed by atoms with Crippen molar-refractivity contribution in [2.45, 2.75) is 20.0 Å². The summed E-state index contributed by atoms with van der Waals surface area (Å²) in [7, 11) is 1.25. The van der Waals surface area contributed by atoms with Gasteiger partial charge in [0.2, 0.25) is 0 Å². The first kappa shape index (κ1) is 17.5. The third-order valence-electron chi connectivity index (χ3n) is 4.30. The van der Waals surface area contributed by atoms with Gasteiger partial charge >= 0.3 is 12.1 Å². The van der Waals surface area contributed by atoms with E-state index in [-0.39, 0.29) is 17.8 Å². The van der Waals surface area contributed by atoms with Crippen LogP contribution in [0.3, 0.4) is 0 Å². The Hall–Kier alpha value is -2.81. The summed E-state index contributed by atoms with van der Waals surface area (Å²) in [6, 6.07) is 8.35. The van der Waals surface area contributed by atoms with Crippen molar-refractivity contribution in [2.24, 2.45) is 17.8 Å². The monoisotopic (exact) mass is 329 g/mol. The zero-order valence-corrected chi connectivity index (χ0v) is 13.8. The first-order valence-corrected chi connectivity index (χ1v) is 7.61. The number of ether oxygens (including phenoxy) is 3. The fourth-order valence-electron chi connectivity index (χ4n) is 2.59. The summed E-state index contributed by atoms with van der Waals surface area (Å²) in [5.41, 5.74) is 0.497. The molecule has 0 bridgehead atoms. The zero-order chi connectivity index (χ0) is 17.7. The predicted octanol–water partition coefficient (Wildman–Crippen LogP) is 3.07. The predicted molar refractivity (Wildman–Crippen MR) is 85.0 cm³/mol. The summed E-state index contributed by atoms with van der Waals surface area (Å²) in [6.07, 6.45) is 2.20. The topological polar surface area (TPSA) is 85.6 Å². The molecule has 0 aromatic heterocycles. The minimum Gasteiger partial charge on any atom is -0.438 e. The molecule has 0 amide bonds. The van der Waals surface area contributed by atoms with Crippen molar-refractivity contribution in [3.63, 3.8) is 0 Å². The molecule has 6 nitrogen and oxygen atoms in total. The van der Waals surface area contributed by atoms with Gasteiger partial charge in [0.15, 0.2) is 0 Å². The maximum Gasteiger partial charge on any atom is 0.508 e. The number of hydrogen-bond acceptors (Lipinski definition) is 6. The van der Waals surface area contributed by atoms with Gasteiger partial charge in [-0.05, 0) is 36.3 Å². The molecule has 6 heteroatoms. The van der Waals surface area contributed by atoms with E-state index in [0.29, 0.717) is 11.3 Å². The van der Waals surface area contributed by atoms with Crippen LogP contribution in [0, 0.1) is 29.1 Å². The van der Waals surface area contributed by atoms with E-state index in [1.54, 1.807) is 36.4 Å². The Labute approximate surface area is 140 Å². The maximum absolute atomic E-state index is 12.4. The molecular formula is C18H19NO5. The third-order valence-corrected chi connectivity index (χ3v) is 4.30. The lowest BCUT2D eigenvalue weighted by Crippen LogP contribution is -2.38. The van der Waals surface area contributed by atoms with Crippen molar-refractivity contribution in [3.05, 3.63) is 42.0 Å². The van der Waals surface area contributed by atoms with Crippen LogP contribution in [-0.2, 0) is 14.3 Å². The number of methoxy groups -OCH3 is 1. The van der Waals surface area contributed by atoms with Gasteiger partial charge in [-0.1, -0.05) is 19.9 Å². The first-order chi connectivity index (χ1) is 11.5. The van der Waals surface area contributed by atoms with E-state index in [2.05, 4.69) is 4.74 Å². The van der Waals surface area contributed by atoms with Gasteiger partial charge in [0.05, 0.1) is 24.7 Å². The van der Waals surface area contributed by atoms with Gasteiger partial charge in [0, 0.05) is 5.92 Å². The van der Waals surface area contributed by atoms with E-state index in [9.17, 15) is 9.59 Å². The van der Waals surface area contributed by atoms with Crippen molar-refractivity contribution in [1.29, 1.82) is 5.26 Å². The van der Waals surface area contributed by atoms with E-state index in [1.165, 1.54) is 7.11 Å². The van der Waals surface area contributed by atoms with Crippen LogP contribution in [0.5, 0.6) is 5.75 Å². The Morgan fingerprint density at radius 1 is 1.08 bits per heavy atom. The number of benzene rings is 1. The molecular weight excluding hydrogens is 310 g/mol. The van der Waals surface area contributed by atoms with Crippen LogP contribution in [0.1, 0.15) is 19.4 Å². The second-order valence-corrected chi connectivity index (χ2v) is 5.72. The molecule has 0 saturated heterocycles. The fourth-order valence-corrected chi connectivity index (χ4v) is 2.59. The second-order valence-electron chi connectivity index (χ2n) is 5.72. The molecule has 0 fully saturated rings.